The van der Waals surface area contributed by atoms with Crippen molar-refractivity contribution in [2.45, 2.75) is 13.5 Å². The molecule has 0 bridgehead atoms. The summed E-state index contributed by atoms with van der Waals surface area (Å²) in [5, 5.41) is 3.06. The monoisotopic (exact) mass is 311 g/mol. The second kappa shape index (κ2) is 5.48. The standard InChI is InChI=1S/C14H12BrF2N/c1-9-5-6-11(7-13(9)17)18-8-10-3-2-4-12(16)14(10)15/h2-7,18H,8H2,1H3. The summed E-state index contributed by atoms with van der Waals surface area (Å²) in [5.74, 6) is -0.553. The van der Waals surface area contributed by atoms with E-state index in [1.165, 1.54) is 12.1 Å². The van der Waals surface area contributed by atoms with Crippen LogP contribution in [0.2, 0.25) is 0 Å². The van der Waals surface area contributed by atoms with Crippen LogP contribution in [0.15, 0.2) is 40.9 Å². The average molecular weight is 312 g/mol. The Morgan fingerprint density at radius 3 is 2.61 bits per heavy atom. The predicted octanol–water partition coefficient (Wildman–Crippen LogP) is 4.65. The number of hydrogen-bond acceptors (Lipinski definition) is 1. The van der Waals surface area contributed by atoms with Crippen molar-refractivity contribution in [1.82, 2.24) is 0 Å². The van der Waals surface area contributed by atoms with Crippen molar-refractivity contribution in [2.75, 3.05) is 5.32 Å². The number of anilines is 1. The Bertz CT molecular complexity index is 570. The summed E-state index contributed by atoms with van der Waals surface area (Å²) in [6, 6.07) is 9.78. The van der Waals surface area contributed by atoms with E-state index in [1.807, 2.05) is 6.07 Å². The van der Waals surface area contributed by atoms with Gasteiger partial charge in [-0.05, 0) is 52.2 Å². The highest BCUT2D eigenvalue weighted by Gasteiger charge is 2.05. The molecule has 0 fully saturated rings. The van der Waals surface area contributed by atoms with Crippen molar-refractivity contribution in [2.24, 2.45) is 0 Å². The lowest BCUT2D eigenvalue weighted by Gasteiger charge is -2.09. The van der Waals surface area contributed by atoms with Gasteiger partial charge in [0.15, 0.2) is 0 Å². The molecular formula is C14H12BrF2N. The van der Waals surface area contributed by atoms with Gasteiger partial charge in [-0.25, -0.2) is 8.78 Å². The van der Waals surface area contributed by atoms with E-state index in [0.29, 0.717) is 22.3 Å². The van der Waals surface area contributed by atoms with Gasteiger partial charge in [0.1, 0.15) is 11.6 Å². The number of nitrogens with one attached hydrogen (secondary N) is 1. The minimum atomic E-state index is -0.301. The molecule has 0 aliphatic rings. The van der Waals surface area contributed by atoms with Gasteiger partial charge >= 0.3 is 0 Å². The van der Waals surface area contributed by atoms with E-state index in [2.05, 4.69) is 21.2 Å². The lowest BCUT2D eigenvalue weighted by molar-refractivity contribution is 0.617. The Morgan fingerprint density at radius 1 is 1.11 bits per heavy atom. The predicted molar refractivity (Wildman–Crippen MR) is 72.6 cm³/mol. The molecule has 0 spiro atoms. The Hall–Kier alpha value is -1.42. The van der Waals surface area contributed by atoms with Gasteiger partial charge in [-0.2, -0.15) is 0 Å². The van der Waals surface area contributed by atoms with Crippen molar-refractivity contribution in [3.63, 3.8) is 0 Å². The van der Waals surface area contributed by atoms with Gasteiger partial charge in [-0.1, -0.05) is 18.2 Å². The lowest BCUT2D eigenvalue weighted by atomic mass is 10.2. The van der Waals surface area contributed by atoms with E-state index in [-0.39, 0.29) is 11.6 Å². The Morgan fingerprint density at radius 2 is 1.89 bits per heavy atom. The molecule has 0 saturated carbocycles. The quantitative estimate of drug-likeness (QED) is 0.870. The van der Waals surface area contributed by atoms with Crippen LogP contribution in [0.3, 0.4) is 0 Å². The van der Waals surface area contributed by atoms with E-state index in [9.17, 15) is 8.78 Å². The number of aryl methyl sites for hydroxylation is 1. The first-order valence-corrected chi connectivity index (χ1v) is 6.30. The zero-order valence-corrected chi connectivity index (χ0v) is 11.4. The normalized spacial score (nSPS) is 10.4. The molecule has 0 radical (unpaired) electrons. The second-order valence-corrected chi connectivity index (χ2v) is 4.82. The smallest absolute Gasteiger partial charge is 0.137 e. The van der Waals surface area contributed by atoms with Gasteiger partial charge < -0.3 is 5.32 Å². The second-order valence-electron chi connectivity index (χ2n) is 4.03. The Balaban J connectivity index is 2.11. The first-order valence-electron chi connectivity index (χ1n) is 5.51. The highest BCUT2D eigenvalue weighted by atomic mass is 79.9. The average Bonchev–Trinajstić information content (AvgIpc) is 2.35. The van der Waals surface area contributed by atoms with E-state index >= 15 is 0 Å². The number of benzene rings is 2. The summed E-state index contributed by atoms with van der Waals surface area (Å²) in [4.78, 5) is 0. The zero-order valence-electron chi connectivity index (χ0n) is 9.81. The summed E-state index contributed by atoms with van der Waals surface area (Å²) in [5.41, 5.74) is 2.07. The molecule has 2 rings (SSSR count). The summed E-state index contributed by atoms with van der Waals surface area (Å²) >= 11 is 3.19. The molecule has 2 aromatic carbocycles. The summed E-state index contributed by atoms with van der Waals surface area (Å²) in [6.07, 6.45) is 0. The van der Waals surface area contributed by atoms with E-state index in [0.717, 1.165) is 5.56 Å². The highest BCUT2D eigenvalue weighted by molar-refractivity contribution is 9.10. The molecule has 0 unspecified atom stereocenters. The fraction of sp³-hybridized carbons (Fsp3) is 0.143. The molecule has 4 heteroatoms. The maximum Gasteiger partial charge on any atom is 0.137 e. The molecule has 0 heterocycles. The van der Waals surface area contributed by atoms with Gasteiger partial charge in [0.2, 0.25) is 0 Å². The largest absolute Gasteiger partial charge is 0.381 e. The summed E-state index contributed by atoms with van der Waals surface area (Å²) < 4.78 is 27.1. The van der Waals surface area contributed by atoms with Crippen LogP contribution in [0.25, 0.3) is 0 Å². The fourth-order valence-corrected chi connectivity index (χ4v) is 1.99. The van der Waals surface area contributed by atoms with Crippen LogP contribution in [-0.4, -0.2) is 0 Å². The lowest BCUT2D eigenvalue weighted by Crippen LogP contribution is -2.01. The van der Waals surface area contributed by atoms with E-state index in [1.54, 1.807) is 25.1 Å². The number of hydrogen-bond donors (Lipinski definition) is 1. The van der Waals surface area contributed by atoms with Crippen LogP contribution in [-0.2, 0) is 6.54 Å². The third kappa shape index (κ3) is 2.88. The zero-order chi connectivity index (χ0) is 13.1. The van der Waals surface area contributed by atoms with Crippen LogP contribution >= 0.6 is 15.9 Å². The molecule has 0 aromatic heterocycles. The van der Waals surface area contributed by atoms with Gasteiger partial charge in [0.25, 0.3) is 0 Å². The molecule has 1 N–H and O–H groups in total. The summed E-state index contributed by atoms with van der Waals surface area (Å²) in [6.45, 7) is 2.14. The molecule has 0 aliphatic heterocycles. The molecule has 0 amide bonds. The molecule has 94 valence electrons. The van der Waals surface area contributed by atoms with Crippen LogP contribution in [0.5, 0.6) is 0 Å². The fourth-order valence-electron chi connectivity index (χ4n) is 1.59. The third-order valence-electron chi connectivity index (χ3n) is 2.69. The van der Waals surface area contributed by atoms with Crippen LogP contribution in [0.1, 0.15) is 11.1 Å². The highest BCUT2D eigenvalue weighted by Crippen LogP contribution is 2.22. The van der Waals surface area contributed by atoms with Crippen molar-refractivity contribution >= 4 is 21.6 Å². The van der Waals surface area contributed by atoms with E-state index in [4.69, 9.17) is 0 Å². The van der Waals surface area contributed by atoms with Gasteiger partial charge in [-0.15, -0.1) is 0 Å². The van der Waals surface area contributed by atoms with Crippen molar-refractivity contribution < 1.29 is 8.78 Å². The van der Waals surface area contributed by atoms with Crippen LogP contribution in [0.4, 0.5) is 14.5 Å². The van der Waals surface area contributed by atoms with Gasteiger partial charge in [0, 0.05) is 12.2 Å². The van der Waals surface area contributed by atoms with Gasteiger partial charge in [0.05, 0.1) is 4.47 Å². The molecule has 2 aromatic rings. The third-order valence-corrected chi connectivity index (χ3v) is 3.57. The molecule has 0 saturated heterocycles. The number of rotatable bonds is 3. The number of halogens is 3. The first kappa shape index (κ1) is 13.0. The first-order chi connectivity index (χ1) is 8.58. The summed E-state index contributed by atoms with van der Waals surface area (Å²) in [7, 11) is 0. The molecular weight excluding hydrogens is 300 g/mol. The van der Waals surface area contributed by atoms with Crippen molar-refractivity contribution in [3.8, 4) is 0 Å². The molecule has 0 atom stereocenters. The van der Waals surface area contributed by atoms with Crippen molar-refractivity contribution in [3.05, 3.63) is 63.6 Å². The maximum atomic E-state index is 13.3. The molecule has 0 aliphatic carbocycles. The molecule has 1 nitrogen and oxygen atoms in total. The van der Waals surface area contributed by atoms with Crippen LogP contribution in [0, 0.1) is 18.6 Å². The van der Waals surface area contributed by atoms with E-state index < -0.39 is 0 Å². The Kier molecular flexibility index (Phi) is 3.97. The minimum Gasteiger partial charge on any atom is -0.381 e. The van der Waals surface area contributed by atoms with Crippen LogP contribution < -0.4 is 5.32 Å². The molecule has 18 heavy (non-hydrogen) atoms. The minimum absolute atomic E-state index is 0.252. The topological polar surface area (TPSA) is 12.0 Å². The SMILES string of the molecule is Cc1ccc(NCc2cccc(F)c2Br)cc1F. The maximum absolute atomic E-state index is 13.3. The van der Waals surface area contributed by atoms with Crippen molar-refractivity contribution in [1.29, 1.82) is 0 Å². The Labute approximate surface area is 113 Å². The van der Waals surface area contributed by atoms with Gasteiger partial charge in [-0.3, -0.25) is 0 Å².